The van der Waals surface area contributed by atoms with Crippen molar-refractivity contribution in [3.05, 3.63) is 76.7 Å². The standard InChI is InChI=1S/C23H23NO3S2/c1-4-9-24-22(25)21(29-23(24)28)15-18-7-5-6-8-20(18)27-11-10-26-19-13-16(2)12-17(3)14-19/h4-8,12-15H,1,9-11H2,2-3H3. The van der Waals surface area contributed by atoms with Gasteiger partial charge in [0.1, 0.15) is 29.0 Å². The predicted molar refractivity (Wildman–Crippen MR) is 123 cm³/mol. The zero-order valence-corrected chi connectivity index (χ0v) is 18.1. The lowest BCUT2D eigenvalue weighted by molar-refractivity contribution is -0.121. The largest absolute Gasteiger partial charge is 0.490 e. The molecule has 0 N–H and O–H groups in total. The van der Waals surface area contributed by atoms with E-state index in [4.69, 9.17) is 21.7 Å². The van der Waals surface area contributed by atoms with E-state index < -0.39 is 0 Å². The van der Waals surface area contributed by atoms with Crippen molar-refractivity contribution in [1.29, 1.82) is 0 Å². The molecule has 0 spiro atoms. The van der Waals surface area contributed by atoms with E-state index in [0.29, 0.717) is 34.7 Å². The fraction of sp³-hybridized carbons (Fsp3) is 0.217. The van der Waals surface area contributed by atoms with E-state index in [9.17, 15) is 4.79 Å². The molecular weight excluding hydrogens is 402 g/mol. The molecule has 0 atom stereocenters. The molecule has 150 valence electrons. The molecule has 29 heavy (non-hydrogen) atoms. The molecule has 1 saturated heterocycles. The third kappa shape index (κ3) is 5.49. The maximum Gasteiger partial charge on any atom is 0.266 e. The quantitative estimate of drug-likeness (QED) is 0.253. The number of aryl methyl sites for hydroxylation is 2. The Hall–Kier alpha value is -2.57. The van der Waals surface area contributed by atoms with Crippen LogP contribution >= 0.6 is 24.0 Å². The molecule has 0 radical (unpaired) electrons. The third-order valence-electron chi connectivity index (χ3n) is 4.20. The first-order chi connectivity index (χ1) is 14.0. The molecule has 2 aromatic carbocycles. The molecule has 1 aliphatic rings. The molecular formula is C23H23NO3S2. The maximum absolute atomic E-state index is 12.5. The van der Waals surface area contributed by atoms with Gasteiger partial charge in [0.15, 0.2) is 0 Å². The minimum Gasteiger partial charge on any atom is -0.490 e. The van der Waals surface area contributed by atoms with Crippen molar-refractivity contribution in [2.45, 2.75) is 13.8 Å². The second-order valence-corrected chi connectivity index (χ2v) is 8.31. The number of nitrogens with zero attached hydrogens (tertiary/aromatic N) is 1. The molecule has 0 bridgehead atoms. The fourth-order valence-electron chi connectivity index (χ4n) is 2.99. The van der Waals surface area contributed by atoms with Crippen molar-refractivity contribution in [2.24, 2.45) is 0 Å². The van der Waals surface area contributed by atoms with Gasteiger partial charge >= 0.3 is 0 Å². The van der Waals surface area contributed by atoms with Gasteiger partial charge in [0, 0.05) is 12.1 Å². The number of thiocarbonyl (C=S) groups is 1. The van der Waals surface area contributed by atoms with Crippen LogP contribution in [0.25, 0.3) is 6.08 Å². The van der Waals surface area contributed by atoms with Gasteiger partial charge in [-0.15, -0.1) is 6.58 Å². The van der Waals surface area contributed by atoms with E-state index in [1.54, 1.807) is 11.0 Å². The summed E-state index contributed by atoms with van der Waals surface area (Å²) in [6.07, 6.45) is 3.49. The Kier molecular flexibility index (Phi) is 7.12. The average Bonchev–Trinajstić information content (AvgIpc) is 2.93. The van der Waals surface area contributed by atoms with E-state index in [2.05, 4.69) is 12.6 Å². The molecule has 1 heterocycles. The second-order valence-electron chi connectivity index (χ2n) is 6.64. The first kappa shape index (κ1) is 21.1. The predicted octanol–water partition coefficient (Wildman–Crippen LogP) is 5.15. The molecule has 0 aliphatic carbocycles. The van der Waals surface area contributed by atoms with E-state index in [1.165, 1.54) is 22.9 Å². The molecule has 1 fully saturated rings. The van der Waals surface area contributed by atoms with Crippen LogP contribution in [-0.2, 0) is 4.79 Å². The number of para-hydroxylation sites is 1. The fourth-order valence-corrected chi connectivity index (χ4v) is 4.25. The van der Waals surface area contributed by atoms with Crippen LogP contribution in [-0.4, -0.2) is 34.9 Å². The van der Waals surface area contributed by atoms with Crippen molar-refractivity contribution in [3.63, 3.8) is 0 Å². The number of benzene rings is 2. The minimum atomic E-state index is -0.104. The van der Waals surface area contributed by atoms with E-state index in [0.717, 1.165) is 11.3 Å². The van der Waals surface area contributed by atoms with Crippen LogP contribution in [0.2, 0.25) is 0 Å². The van der Waals surface area contributed by atoms with Crippen molar-refractivity contribution in [3.8, 4) is 11.5 Å². The van der Waals surface area contributed by atoms with Crippen LogP contribution in [0.1, 0.15) is 16.7 Å². The number of hydrogen-bond donors (Lipinski definition) is 0. The van der Waals surface area contributed by atoms with Crippen LogP contribution in [0.15, 0.2) is 60.0 Å². The van der Waals surface area contributed by atoms with Crippen molar-refractivity contribution >= 4 is 40.3 Å². The second kappa shape index (κ2) is 9.76. The van der Waals surface area contributed by atoms with Crippen LogP contribution in [0.4, 0.5) is 0 Å². The van der Waals surface area contributed by atoms with Gasteiger partial charge in [-0.05, 0) is 49.2 Å². The van der Waals surface area contributed by atoms with Crippen LogP contribution in [0.5, 0.6) is 11.5 Å². The first-order valence-corrected chi connectivity index (χ1v) is 10.5. The highest BCUT2D eigenvalue weighted by Crippen LogP contribution is 2.34. The highest BCUT2D eigenvalue weighted by Gasteiger charge is 2.31. The van der Waals surface area contributed by atoms with E-state index >= 15 is 0 Å². The molecule has 0 saturated carbocycles. The number of hydrogen-bond acceptors (Lipinski definition) is 5. The molecule has 1 amide bonds. The smallest absolute Gasteiger partial charge is 0.266 e. The summed E-state index contributed by atoms with van der Waals surface area (Å²) in [6, 6.07) is 13.7. The van der Waals surface area contributed by atoms with Crippen molar-refractivity contribution in [2.75, 3.05) is 19.8 Å². The summed E-state index contributed by atoms with van der Waals surface area (Å²) in [7, 11) is 0. The van der Waals surface area contributed by atoms with Gasteiger partial charge in [0.05, 0.1) is 4.91 Å². The van der Waals surface area contributed by atoms with Gasteiger partial charge in [0.25, 0.3) is 5.91 Å². The molecule has 0 aromatic heterocycles. The van der Waals surface area contributed by atoms with Gasteiger partial charge in [-0.3, -0.25) is 9.69 Å². The van der Waals surface area contributed by atoms with Gasteiger partial charge in [-0.1, -0.05) is 54.3 Å². The molecule has 0 unspecified atom stereocenters. The Morgan fingerprint density at radius 3 is 2.52 bits per heavy atom. The number of rotatable bonds is 8. The Balaban J connectivity index is 1.64. The lowest BCUT2D eigenvalue weighted by atomic mass is 10.1. The SMILES string of the molecule is C=CCN1C(=O)C(=Cc2ccccc2OCCOc2cc(C)cc(C)c2)SC1=S. The topological polar surface area (TPSA) is 38.8 Å². The van der Waals surface area contributed by atoms with Gasteiger partial charge in [0.2, 0.25) is 0 Å². The Labute approximate surface area is 181 Å². The third-order valence-corrected chi connectivity index (χ3v) is 5.57. The lowest BCUT2D eigenvalue weighted by Gasteiger charge is -2.12. The van der Waals surface area contributed by atoms with E-state index in [-0.39, 0.29) is 5.91 Å². The molecule has 1 aliphatic heterocycles. The summed E-state index contributed by atoms with van der Waals surface area (Å²) in [6.45, 7) is 9.01. The zero-order valence-electron chi connectivity index (χ0n) is 16.5. The highest BCUT2D eigenvalue weighted by molar-refractivity contribution is 8.26. The van der Waals surface area contributed by atoms with Crippen molar-refractivity contribution < 1.29 is 14.3 Å². The average molecular weight is 426 g/mol. The van der Waals surface area contributed by atoms with Crippen molar-refractivity contribution in [1.82, 2.24) is 4.90 Å². The van der Waals surface area contributed by atoms with Gasteiger partial charge in [-0.2, -0.15) is 0 Å². The number of thioether (sulfide) groups is 1. The summed E-state index contributed by atoms with van der Waals surface area (Å²) in [5.41, 5.74) is 3.16. The van der Waals surface area contributed by atoms with Gasteiger partial charge in [-0.25, -0.2) is 0 Å². The summed E-state index contributed by atoms with van der Waals surface area (Å²) < 4.78 is 12.3. The lowest BCUT2D eigenvalue weighted by Crippen LogP contribution is -2.27. The minimum absolute atomic E-state index is 0.104. The number of carbonyl (C=O) groups excluding carboxylic acids is 1. The first-order valence-electron chi connectivity index (χ1n) is 9.27. The Bertz CT molecular complexity index is 948. The number of carbonyl (C=O) groups is 1. The normalized spacial score (nSPS) is 15.1. The van der Waals surface area contributed by atoms with Gasteiger partial charge < -0.3 is 9.47 Å². The summed E-state index contributed by atoms with van der Waals surface area (Å²) >= 11 is 6.59. The van der Waals surface area contributed by atoms with Crippen LogP contribution in [0, 0.1) is 13.8 Å². The monoisotopic (exact) mass is 425 g/mol. The van der Waals surface area contributed by atoms with Crippen LogP contribution < -0.4 is 9.47 Å². The Morgan fingerprint density at radius 2 is 1.79 bits per heavy atom. The molecule has 3 rings (SSSR count). The Morgan fingerprint density at radius 1 is 1.10 bits per heavy atom. The van der Waals surface area contributed by atoms with E-state index in [1.807, 2.05) is 56.3 Å². The zero-order chi connectivity index (χ0) is 20.8. The highest BCUT2D eigenvalue weighted by atomic mass is 32.2. The molecule has 4 nitrogen and oxygen atoms in total. The molecule has 2 aromatic rings. The number of ether oxygens (including phenoxy) is 2. The number of amides is 1. The summed E-state index contributed by atoms with van der Waals surface area (Å²) in [5, 5.41) is 0. The summed E-state index contributed by atoms with van der Waals surface area (Å²) in [4.78, 5) is 14.7. The summed E-state index contributed by atoms with van der Waals surface area (Å²) in [5.74, 6) is 1.43. The molecule has 6 heteroatoms. The maximum atomic E-state index is 12.5. The van der Waals surface area contributed by atoms with Crippen LogP contribution in [0.3, 0.4) is 0 Å².